The van der Waals surface area contributed by atoms with Crippen LogP contribution in [0.5, 0.6) is 5.75 Å². The van der Waals surface area contributed by atoms with E-state index in [4.69, 9.17) is 9.47 Å². The lowest BCUT2D eigenvalue weighted by atomic mass is 9.92. The van der Waals surface area contributed by atoms with Crippen molar-refractivity contribution >= 4 is 11.7 Å². The molecule has 0 amide bonds. The molecule has 1 heterocycles. The lowest BCUT2D eigenvalue weighted by molar-refractivity contribution is -0.138. The third kappa shape index (κ3) is 3.80. The Bertz CT molecular complexity index is 1110. The number of hydrogen-bond donors (Lipinski definition) is 1. The van der Waals surface area contributed by atoms with Crippen LogP contribution in [0, 0.1) is 23.1 Å². The predicted molar refractivity (Wildman–Crippen MR) is 115 cm³/mol. The molecule has 6 nitrogen and oxygen atoms in total. The largest absolute Gasteiger partial charge is 0.490 e. The fraction of sp³-hybridized carbons (Fsp3) is 0.440. The van der Waals surface area contributed by atoms with Crippen LogP contribution in [-0.2, 0) is 22.5 Å². The van der Waals surface area contributed by atoms with Gasteiger partial charge < -0.3 is 19.5 Å². The molecular formula is C25H25FN2O4. The summed E-state index contributed by atoms with van der Waals surface area (Å²) in [7, 11) is 1.68. The highest BCUT2D eigenvalue weighted by molar-refractivity contribution is 5.75. The number of hydrogen-bond acceptors (Lipinski definition) is 5. The molecular weight excluding hydrogens is 411 g/mol. The van der Waals surface area contributed by atoms with Gasteiger partial charge in [0.2, 0.25) is 0 Å². The number of nitriles is 1. The maximum absolute atomic E-state index is 15.1. The third-order valence-electron chi connectivity index (χ3n) is 6.95. The van der Waals surface area contributed by atoms with Crippen molar-refractivity contribution in [1.29, 1.82) is 5.26 Å². The molecule has 1 aliphatic heterocycles. The lowest BCUT2D eigenvalue weighted by Gasteiger charge is -2.35. The quantitative estimate of drug-likeness (QED) is 0.737. The smallest absolute Gasteiger partial charge is 0.307 e. The highest BCUT2D eigenvalue weighted by atomic mass is 19.1. The first-order valence-corrected chi connectivity index (χ1v) is 11.0. The summed E-state index contributed by atoms with van der Waals surface area (Å²) in [6.45, 7) is 1.15. The van der Waals surface area contributed by atoms with Gasteiger partial charge in [-0.15, -0.1) is 0 Å². The van der Waals surface area contributed by atoms with E-state index >= 15 is 4.39 Å². The molecule has 2 aliphatic carbocycles. The zero-order chi connectivity index (χ0) is 22.4. The Hall–Kier alpha value is -3.11. The van der Waals surface area contributed by atoms with Crippen LogP contribution in [0.1, 0.15) is 47.4 Å². The second kappa shape index (κ2) is 8.10. The molecule has 3 aliphatic rings. The predicted octanol–water partition coefficient (Wildman–Crippen LogP) is 4.00. The Kier molecular flexibility index (Phi) is 5.26. The van der Waals surface area contributed by atoms with Crippen LogP contribution >= 0.6 is 0 Å². The number of nitrogens with zero attached hydrogens (tertiary/aromatic N) is 2. The van der Waals surface area contributed by atoms with Crippen LogP contribution in [0.25, 0.3) is 0 Å². The average molecular weight is 436 g/mol. The number of methoxy groups -OCH3 is 1. The number of benzene rings is 2. The molecule has 0 saturated heterocycles. The lowest BCUT2D eigenvalue weighted by Crippen LogP contribution is -2.39. The Labute approximate surface area is 186 Å². The van der Waals surface area contributed by atoms with E-state index in [0.29, 0.717) is 30.9 Å². The van der Waals surface area contributed by atoms with E-state index in [1.807, 2.05) is 23.1 Å². The zero-order valence-corrected chi connectivity index (χ0v) is 17.9. The standard InChI is InChI=1S/C25H25FN2O4/c1-31-18-8-20(9-18)32-19-7-17(12-27)24(26)23(10-19)28-5-4-14-6-15(2-3-16(14)13-28)21-11-22(21)25(29)30/h2-3,6-7,10,18,20-22H,4-5,8-9,11,13H2,1H3,(H,29,30)/t18?,20?,21-,22?/m0/s1. The van der Waals surface area contributed by atoms with Gasteiger partial charge in [-0.2, -0.15) is 5.26 Å². The summed E-state index contributed by atoms with van der Waals surface area (Å²) in [5.74, 6) is -0.921. The van der Waals surface area contributed by atoms with Crippen LogP contribution < -0.4 is 9.64 Å². The molecule has 2 aromatic rings. The number of anilines is 1. The van der Waals surface area contributed by atoms with Crippen molar-refractivity contribution in [3.8, 4) is 11.8 Å². The molecule has 166 valence electrons. The van der Waals surface area contributed by atoms with E-state index in [-0.39, 0.29) is 29.6 Å². The van der Waals surface area contributed by atoms with E-state index in [0.717, 1.165) is 30.4 Å². The number of aliphatic carboxylic acids is 1. The first-order chi connectivity index (χ1) is 15.5. The second-order valence-electron chi connectivity index (χ2n) is 8.97. The molecule has 0 bridgehead atoms. The summed E-state index contributed by atoms with van der Waals surface area (Å²) in [5, 5.41) is 18.6. The van der Waals surface area contributed by atoms with Gasteiger partial charge in [-0.3, -0.25) is 4.79 Å². The molecule has 0 radical (unpaired) electrons. The Balaban J connectivity index is 1.35. The van der Waals surface area contributed by atoms with Gasteiger partial charge >= 0.3 is 5.97 Å². The molecule has 0 spiro atoms. The number of ether oxygens (including phenoxy) is 2. The van der Waals surface area contributed by atoms with Crippen molar-refractivity contribution < 1.29 is 23.8 Å². The van der Waals surface area contributed by atoms with Gasteiger partial charge in [0.15, 0.2) is 5.82 Å². The number of carbonyl (C=O) groups is 1. The zero-order valence-electron chi connectivity index (χ0n) is 17.9. The highest BCUT2D eigenvalue weighted by Gasteiger charge is 2.44. The van der Waals surface area contributed by atoms with Crippen molar-refractivity contribution in [2.24, 2.45) is 5.92 Å². The van der Waals surface area contributed by atoms with E-state index < -0.39 is 11.8 Å². The van der Waals surface area contributed by atoms with E-state index in [2.05, 4.69) is 6.07 Å². The summed E-state index contributed by atoms with van der Waals surface area (Å²) in [6.07, 6.45) is 3.21. The fourth-order valence-electron chi connectivity index (χ4n) is 4.81. The van der Waals surface area contributed by atoms with E-state index in [1.165, 1.54) is 11.6 Å². The minimum Gasteiger partial charge on any atom is -0.490 e. The first kappa shape index (κ1) is 20.8. The molecule has 5 rings (SSSR count). The Morgan fingerprint density at radius 2 is 2.00 bits per heavy atom. The van der Waals surface area contributed by atoms with Gasteiger partial charge in [-0.05, 0) is 35.4 Å². The normalized spacial score (nSPS) is 26.0. The summed E-state index contributed by atoms with van der Waals surface area (Å²) in [4.78, 5) is 13.1. The number of rotatable bonds is 6. The van der Waals surface area contributed by atoms with Crippen LogP contribution in [0.4, 0.5) is 10.1 Å². The van der Waals surface area contributed by atoms with Crippen molar-refractivity contribution in [2.75, 3.05) is 18.6 Å². The van der Waals surface area contributed by atoms with Crippen molar-refractivity contribution in [3.05, 3.63) is 58.4 Å². The molecule has 32 heavy (non-hydrogen) atoms. The number of fused-ring (bicyclic) bond motifs is 1. The van der Waals surface area contributed by atoms with E-state index in [9.17, 15) is 15.2 Å². The number of carboxylic acid groups (broad SMARTS) is 1. The molecule has 2 saturated carbocycles. The minimum atomic E-state index is -0.732. The van der Waals surface area contributed by atoms with Crippen molar-refractivity contribution in [2.45, 2.75) is 50.4 Å². The number of halogens is 1. The monoisotopic (exact) mass is 436 g/mol. The average Bonchev–Trinajstić information content (AvgIpc) is 3.57. The van der Waals surface area contributed by atoms with Crippen LogP contribution in [-0.4, -0.2) is 36.9 Å². The van der Waals surface area contributed by atoms with Crippen LogP contribution in [0.3, 0.4) is 0 Å². The molecule has 1 unspecified atom stereocenters. The Morgan fingerprint density at radius 1 is 1.19 bits per heavy atom. The summed E-state index contributed by atoms with van der Waals surface area (Å²) >= 11 is 0. The molecule has 7 heteroatoms. The maximum Gasteiger partial charge on any atom is 0.307 e. The van der Waals surface area contributed by atoms with Crippen LogP contribution in [0.2, 0.25) is 0 Å². The SMILES string of the molecule is COC1CC(Oc2cc(C#N)c(F)c(N3CCc4cc([C@@H]5CC5C(=O)O)ccc4C3)c2)C1. The summed E-state index contributed by atoms with van der Waals surface area (Å²) in [6, 6.07) is 11.2. The summed E-state index contributed by atoms with van der Waals surface area (Å²) in [5.41, 5.74) is 3.72. The topological polar surface area (TPSA) is 82.8 Å². The van der Waals surface area contributed by atoms with Gasteiger partial charge in [-0.25, -0.2) is 4.39 Å². The second-order valence-corrected chi connectivity index (χ2v) is 8.97. The minimum absolute atomic E-state index is 0.0161. The van der Waals surface area contributed by atoms with Gasteiger partial charge in [0.05, 0.1) is 23.3 Å². The highest BCUT2D eigenvalue weighted by Crippen LogP contribution is 2.48. The molecule has 1 N–H and O–H groups in total. The fourth-order valence-corrected chi connectivity index (χ4v) is 4.81. The molecule has 2 fully saturated rings. The molecule has 2 aromatic carbocycles. The molecule has 2 atom stereocenters. The third-order valence-corrected chi connectivity index (χ3v) is 6.95. The molecule has 0 aromatic heterocycles. The maximum atomic E-state index is 15.1. The summed E-state index contributed by atoms with van der Waals surface area (Å²) < 4.78 is 26.3. The first-order valence-electron chi connectivity index (χ1n) is 11.0. The van der Waals surface area contributed by atoms with Gasteiger partial charge in [-0.1, -0.05) is 18.2 Å². The number of carboxylic acids is 1. The van der Waals surface area contributed by atoms with Gasteiger partial charge in [0.25, 0.3) is 0 Å². The Morgan fingerprint density at radius 3 is 2.69 bits per heavy atom. The van der Waals surface area contributed by atoms with Gasteiger partial charge in [0, 0.05) is 45.2 Å². The van der Waals surface area contributed by atoms with Crippen LogP contribution in [0.15, 0.2) is 30.3 Å². The van der Waals surface area contributed by atoms with Crippen molar-refractivity contribution in [3.63, 3.8) is 0 Å². The van der Waals surface area contributed by atoms with E-state index in [1.54, 1.807) is 13.2 Å². The van der Waals surface area contributed by atoms with Gasteiger partial charge in [0.1, 0.15) is 17.9 Å². The van der Waals surface area contributed by atoms with Crippen molar-refractivity contribution in [1.82, 2.24) is 0 Å².